The highest BCUT2D eigenvalue weighted by atomic mass is 32.2. The van der Waals surface area contributed by atoms with Gasteiger partial charge in [0.05, 0.1) is 12.8 Å². The Labute approximate surface area is 135 Å². The third-order valence-electron chi connectivity index (χ3n) is 3.49. The van der Waals surface area contributed by atoms with Crippen LogP contribution in [-0.4, -0.2) is 44.0 Å². The van der Waals surface area contributed by atoms with Crippen LogP contribution in [0.15, 0.2) is 30.4 Å². The second-order valence-electron chi connectivity index (χ2n) is 5.15. The summed E-state index contributed by atoms with van der Waals surface area (Å²) < 4.78 is 33.9. The van der Waals surface area contributed by atoms with Gasteiger partial charge >= 0.3 is 16.2 Å². The van der Waals surface area contributed by atoms with Crippen LogP contribution in [-0.2, 0) is 21.4 Å². The maximum atomic E-state index is 12.4. The average molecular weight is 340 g/mol. The van der Waals surface area contributed by atoms with Gasteiger partial charge < -0.3 is 9.84 Å². The number of benzene rings is 1. The second-order valence-corrected chi connectivity index (χ2v) is 6.82. The van der Waals surface area contributed by atoms with Gasteiger partial charge in [-0.05, 0) is 30.5 Å². The lowest BCUT2D eigenvalue weighted by molar-refractivity contribution is -0.136. The maximum absolute atomic E-state index is 12.4. The van der Waals surface area contributed by atoms with Crippen LogP contribution in [0.3, 0.4) is 0 Å². The molecule has 1 heterocycles. The average Bonchev–Trinajstić information content (AvgIpc) is 2.53. The van der Waals surface area contributed by atoms with Crippen molar-refractivity contribution in [3.05, 3.63) is 35.9 Å². The number of nitrogens with zero attached hydrogens (tertiary/aromatic N) is 1. The standard InChI is InChI=1S/C15H20N2O5S/c1-22-14-7-5-12(6-8-15(18)19)11-13(14)16-23(20,21)17-9-3-2-4-10-17/h2-3,5,7,11,16H,4,6,8-10H2,1H3,(H,18,19). The smallest absolute Gasteiger partial charge is 0.303 e. The lowest BCUT2D eigenvalue weighted by Crippen LogP contribution is -2.38. The summed E-state index contributed by atoms with van der Waals surface area (Å²) in [4.78, 5) is 10.7. The third-order valence-corrected chi connectivity index (χ3v) is 4.98. The number of aliphatic carboxylic acids is 1. The number of carboxylic acid groups (broad SMARTS) is 1. The number of rotatable bonds is 7. The van der Waals surface area contributed by atoms with E-state index in [9.17, 15) is 13.2 Å². The molecule has 0 aliphatic carbocycles. The first kappa shape index (κ1) is 17.3. The van der Waals surface area contributed by atoms with E-state index in [0.717, 1.165) is 5.56 Å². The van der Waals surface area contributed by atoms with Crippen molar-refractivity contribution in [3.63, 3.8) is 0 Å². The number of hydrogen-bond donors (Lipinski definition) is 2. The number of hydrogen-bond acceptors (Lipinski definition) is 4. The summed E-state index contributed by atoms with van der Waals surface area (Å²) in [6.07, 6.45) is 4.73. The van der Waals surface area contributed by atoms with Crippen LogP contribution in [0.4, 0.5) is 5.69 Å². The summed E-state index contributed by atoms with van der Waals surface area (Å²) >= 11 is 0. The molecule has 1 aromatic rings. The minimum Gasteiger partial charge on any atom is -0.495 e. The van der Waals surface area contributed by atoms with E-state index in [1.165, 1.54) is 11.4 Å². The van der Waals surface area contributed by atoms with Crippen LogP contribution in [0.2, 0.25) is 0 Å². The molecule has 0 spiro atoms. The van der Waals surface area contributed by atoms with Crippen LogP contribution in [0.5, 0.6) is 5.75 Å². The number of nitrogens with one attached hydrogen (secondary N) is 1. The number of carboxylic acids is 1. The summed E-state index contributed by atoms with van der Waals surface area (Å²) in [5.41, 5.74) is 1.04. The first-order valence-corrected chi connectivity index (χ1v) is 8.68. The fraction of sp³-hybridized carbons (Fsp3) is 0.400. The van der Waals surface area contributed by atoms with Crippen molar-refractivity contribution < 1.29 is 23.1 Å². The largest absolute Gasteiger partial charge is 0.495 e. The van der Waals surface area contributed by atoms with Crippen molar-refractivity contribution in [3.8, 4) is 5.75 Å². The molecule has 2 N–H and O–H groups in total. The molecule has 0 fully saturated rings. The van der Waals surface area contributed by atoms with Crippen LogP contribution in [0, 0.1) is 0 Å². The SMILES string of the molecule is COc1ccc(CCC(=O)O)cc1NS(=O)(=O)N1CC=CCC1. The van der Waals surface area contributed by atoms with Gasteiger partial charge in [0.15, 0.2) is 0 Å². The van der Waals surface area contributed by atoms with Gasteiger partial charge in [-0.25, -0.2) is 0 Å². The molecule has 23 heavy (non-hydrogen) atoms. The topological polar surface area (TPSA) is 95.9 Å². The molecule has 8 heteroatoms. The Hall–Kier alpha value is -2.06. The van der Waals surface area contributed by atoms with Crippen LogP contribution in [0.1, 0.15) is 18.4 Å². The van der Waals surface area contributed by atoms with E-state index >= 15 is 0 Å². The zero-order valence-corrected chi connectivity index (χ0v) is 13.7. The second kappa shape index (κ2) is 7.47. The Balaban J connectivity index is 2.20. The number of ether oxygens (including phenoxy) is 1. The molecule has 1 aliphatic rings. The Morgan fingerprint density at radius 1 is 1.39 bits per heavy atom. The highest BCUT2D eigenvalue weighted by Crippen LogP contribution is 2.28. The molecule has 0 radical (unpaired) electrons. The number of aryl methyl sites for hydroxylation is 1. The van der Waals surface area contributed by atoms with Crippen LogP contribution >= 0.6 is 0 Å². The highest BCUT2D eigenvalue weighted by molar-refractivity contribution is 7.90. The minimum absolute atomic E-state index is 0.0184. The lowest BCUT2D eigenvalue weighted by atomic mass is 10.1. The van der Waals surface area contributed by atoms with E-state index in [0.29, 0.717) is 37.4 Å². The van der Waals surface area contributed by atoms with Crippen molar-refractivity contribution in [2.75, 3.05) is 24.9 Å². The van der Waals surface area contributed by atoms with E-state index in [1.54, 1.807) is 18.2 Å². The molecule has 126 valence electrons. The van der Waals surface area contributed by atoms with E-state index in [1.807, 2.05) is 12.2 Å². The maximum Gasteiger partial charge on any atom is 0.303 e. The molecule has 0 saturated carbocycles. The first-order chi connectivity index (χ1) is 10.9. The Morgan fingerprint density at radius 3 is 2.78 bits per heavy atom. The molecular weight excluding hydrogens is 320 g/mol. The number of methoxy groups -OCH3 is 1. The van der Waals surface area contributed by atoms with Crippen molar-refractivity contribution in [1.82, 2.24) is 4.31 Å². The molecule has 0 unspecified atom stereocenters. The Bertz CT molecular complexity index is 700. The molecule has 0 amide bonds. The zero-order valence-electron chi connectivity index (χ0n) is 12.9. The molecule has 2 rings (SSSR count). The van der Waals surface area contributed by atoms with Crippen LogP contribution in [0.25, 0.3) is 0 Å². The number of carbonyl (C=O) groups is 1. The van der Waals surface area contributed by atoms with Gasteiger partial charge in [-0.15, -0.1) is 0 Å². The summed E-state index contributed by atoms with van der Waals surface area (Å²) in [5, 5.41) is 8.75. The summed E-state index contributed by atoms with van der Waals surface area (Å²) in [6.45, 7) is 0.753. The Morgan fingerprint density at radius 2 is 2.17 bits per heavy atom. The van der Waals surface area contributed by atoms with E-state index in [2.05, 4.69) is 4.72 Å². The van der Waals surface area contributed by atoms with Crippen LogP contribution < -0.4 is 9.46 Å². The predicted octanol–water partition coefficient (Wildman–Crippen LogP) is 1.63. The molecule has 0 bridgehead atoms. The van der Waals surface area contributed by atoms with Gasteiger partial charge in [-0.1, -0.05) is 18.2 Å². The van der Waals surface area contributed by atoms with E-state index in [4.69, 9.17) is 9.84 Å². The molecule has 0 atom stereocenters. The van der Waals surface area contributed by atoms with Crippen molar-refractivity contribution >= 4 is 21.9 Å². The van der Waals surface area contributed by atoms with Gasteiger partial charge in [0.1, 0.15) is 5.75 Å². The van der Waals surface area contributed by atoms with Gasteiger partial charge in [-0.3, -0.25) is 9.52 Å². The van der Waals surface area contributed by atoms with Crippen molar-refractivity contribution in [1.29, 1.82) is 0 Å². The predicted molar refractivity (Wildman–Crippen MR) is 86.8 cm³/mol. The first-order valence-electron chi connectivity index (χ1n) is 7.24. The highest BCUT2D eigenvalue weighted by Gasteiger charge is 2.23. The molecule has 1 aliphatic heterocycles. The zero-order chi connectivity index (χ0) is 16.9. The molecule has 7 nitrogen and oxygen atoms in total. The van der Waals surface area contributed by atoms with Crippen molar-refractivity contribution in [2.45, 2.75) is 19.3 Å². The molecular formula is C15H20N2O5S. The van der Waals surface area contributed by atoms with Gasteiger partial charge in [-0.2, -0.15) is 12.7 Å². The summed E-state index contributed by atoms with van der Waals surface area (Å²) in [7, 11) is -2.23. The summed E-state index contributed by atoms with van der Waals surface area (Å²) in [5.74, 6) is -0.511. The normalized spacial score (nSPS) is 15.3. The summed E-state index contributed by atoms with van der Waals surface area (Å²) in [6, 6.07) is 4.97. The third kappa shape index (κ3) is 4.70. The quantitative estimate of drug-likeness (QED) is 0.736. The Kier molecular flexibility index (Phi) is 5.62. The number of anilines is 1. The van der Waals surface area contributed by atoms with Gasteiger partial charge in [0.25, 0.3) is 0 Å². The fourth-order valence-electron chi connectivity index (χ4n) is 2.28. The monoisotopic (exact) mass is 340 g/mol. The molecule has 0 saturated heterocycles. The lowest BCUT2D eigenvalue weighted by Gasteiger charge is -2.24. The minimum atomic E-state index is -3.68. The van der Waals surface area contributed by atoms with E-state index < -0.39 is 16.2 Å². The molecule has 0 aromatic heterocycles. The van der Waals surface area contributed by atoms with E-state index in [-0.39, 0.29) is 6.42 Å². The molecule has 1 aromatic carbocycles. The van der Waals surface area contributed by atoms with Gasteiger partial charge in [0.2, 0.25) is 0 Å². The van der Waals surface area contributed by atoms with Gasteiger partial charge in [0, 0.05) is 19.5 Å². The van der Waals surface area contributed by atoms with Crippen molar-refractivity contribution in [2.24, 2.45) is 0 Å². The fourth-order valence-corrected chi connectivity index (χ4v) is 3.48.